The largest absolute Gasteiger partial charge is 0.383 e. The molecule has 1 saturated heterocycles. The van der Waals surface area contributed by atoms with Gasteiger partial charge in [0.05, 0.1) is 17.0 Å². The topological polar surface area (TPSA) is 49.9 Å². The number of rotatable bonds is 5. The van der Waals surface area contributed by atoms with Crippen molar-refractivity contribution in [3.8, 4) is 0 Å². The van der Waals surface area contributed by atoms with Crippen molar-refractivity contribution in [1.82, 2.24) is 9.21 Å². The second-order valence-corrected chi connectivity index (χ2v) is 9.30. The number of likely N-dealkylation sites (tertiary alicyclic amines) is 1. The summed E-state index contributed by atoms with van der Waals surface area (Å²) < 4.78 is 33.1. The predicted molar refractivity (Wildman–Crippen MR) is 98.1 cm³/mol. The van der Waals surface area contributed by atoms with E-state index >= 15 is 0 Å². The van der Waals surface area contributed by atoms with Crippen molar-refractivity contribution in [2.75, 3.05) is 33.4 Å². The van der Waals surface area contributed by atoms with E-state index in [-0.39, 0.29) is 0 Å². The van der Waals surface area contributed by atoms with Crippen molar-refractivity contribution >= 4 is 21.4 Å². The average molecular weight is 379 g/mol. The lowest BCUT2D eigenvalue weighted by Gasteiger charge is -2.34. The lowest BCUT2D eigenvalue weighted by atomic mass is 9.89. The second kappa shape index (κ2) is 6.48. The van der Waals surface area contributed by atoms with Crippen LogP contribution in [0, 0.1) is 0 Å². The predicted octanol–water partition coefficient (Wildman–Crippen LogP) is 2.50. The van der Waals surface area contributed by atoms with Crippen molar-refractivity contribution in [2.45, 2.75) is 23.4 Å². The molecule has 3 heterocycles. The van der Waals surface area contributed by atoms with Gasteiger partial charge in [0.25, 0.3) is 0 Å². The second-order valence-electron chi connectivity index (χ2n) is 6.69. The van der Waals surface area contributed by atoms with Crippen LogP contribution in [0.15, 0.2) is 46.0 Å². The van der Waals surface area contributed by atoms with Gasteiger partial charge in [0.1, 0.15) is 0 Å². The van der Waals surface area contributed by atoms with Crippen LogP contribution in [0.4, 0.5) is 0 Å². The summed E-state index contributed by atoms with van der Waals surface area (Å²) in [4.78, 5) is 2.82. The number of hydrogen-bond donors (Lipinski definition) is 0. The number of nitrogens with zero attached hydrogens (tertiary/aromatic N) is 2. The molecule has 2 aromatic rings. The first-order valence-corrected chi connectivity index (χ1v) is 10.8. The smallest absolute Gasteiger partial charge is 0.244 e. The highest BCUT2D eigenvalue weighted by Gasteiger charge is 2.56. The van der Waals surface area contributed by atoms with E-state index in [1.54, 1.807) is 28.8 Å². The lowest BCUT2D eigenvalue weighted by molar-refractivity contribution is 0.129. The Balaban J connectivity index is 1.70. The molecule has 2 aliphatic rings. The molecule has 0 N–H and O–H groups in total. The van der Waals surface area contributed by atoms with Crippen LogP contribution in [0.1, 0.15) is 17.5 Å². The minimum atomic E-state index is -3.47. The van der Waals surface area contributed by atoms with Gasteiger partial charge in [-0.1, -0.05) is 18.2 Å². The Hall–Kier alpha value is -1.25. The van der Waals surface area contributed by atoms with E-state index < -0.39 is 15.6 Å². The molecular formula is C18H22N2O3S2. The van der Waals surface area contributed by atoms with Gasteiger partial charge < -0.3 is 4.74 Å². The molecule has 25 heavy (non-hydrogen) atoms. The van der Waals surface area contributed by atoms with Gasteiger partial charge in [0, 0.05) is 33.3 Å². The third-order valence-electron chi connectivity index (χ3n) is 5.25. The van der Waals surface area contributed by atoms with Crippen LogP contribution in [-0.2, 0) is 26.8 Å². The number of hydrogen-bond acceptors (Lipinski definition) is 5. The Morgan fingerprint density at radius 2 is 2.12 bits per heavy atom. The van der Waals surface area contributed by atoms with Gasteiger partial charge in [-0.3, -0.25) is 4.90 Å². The van der Waals surface area contributed by atoms with Crippen molar-refractivity contribution in [2.24, 2.45) is 0 Å². The number of ether oxygens (including phenoxy) is 1. The Kier molecular flexibility index (Phi) is 4.45. The zero-order chi connectivity index (χ0) is 17.5. The summed E-state index contributed by atoms with van der Waals surface area (Å²) in [6.45, 7) is 3.27. The van der Waals surface area contributed by atoms with E-state index in [0.29, 0.717) is 18.0 Å². The van der Waals surface area contributed by atoms with E-state index in [4.69, 9.17) is 4.74 Å². The van der Waals surface area contributed by atoms with Crippen molar-refractivity contribution in [1.29, 1.82) is 0 Å². The van der Waals surface area contributed by atoms with E-state index in [2.05, 4.69) is 21.7 Å². The van der Waals surface area contributed by atoms with Gasteiger partial charge in [-0.15, -0.1) is 0 Å². The van der Waals surface area contributed by atoms with Crippen molar-refractivity contribution in [3.05, 3.63) is 52.2 Å². The third-order valence-corrected chi connectivity index (χ3v) is 8.00. The molecule has 0 bridgehead atoms. The fourth-order valence-electron chi connectivity index (χ4n) is 4.14. The van der Waals surface area contributed by atoms with Gasteiger partial charge >= 0.3 is 0 Å². The molecule has 0 radical (unpaired) electrons. The summed E-state index contributed by atoms with van der Waals surface area (Å²) in [7, 11) is -1.86. The van der Waals surface area contributed by atoms with Crippen molar-refractivity contribution in [3.63, 3.8) is 0 Å². The Labute approximate surface area is 152 Å². The highest BCUT2D eigenvalue weighted by molar-refractivity contribution is 7.89. The molecule has 1 fully saturated rings. The number of benzene rings is 1. The summed E-state index contributed by atoms with van der Waals surface area (Å²) in [5.41, 5.74) is 1.77. The maximum atomic E-state index is 13.1. The molecule has 7 heteroatoms. The summed E-state index contributed by atoms with van der Waals surface area (Å²) >= 11 is 1.70. The molecule has 1 aromatic carbocycles. The standard InChI is InChI=1S/C18H22N2O3S2/c1-23-10-9-20-18(16-4-2-3-5-17(16)25(20,21)22)7-8-19(14-18)12-15-6-11-24-13-15/h2-6,11,13H,7-10,12,14H2,1H3. The zero-order valence-corrected chi connectivity index (χ0v) is 15.9. The first-order chi connectivity index (χ1) is 12.1. The van der Waals surface area contributed by atoms with E-state index in [1.165, 1.54) is 5.56 Å². The summed E-state index contributed by atoms with van der Waals surface area (Å²) in [5, 5.41) is 4.24. The lowest BCUT2D eigenvalue weighted by Crippen LogP contribution is -2.47. The summed E-state index contributed by atoms with van der Waals surface area (Å²) in [6, 6.07) is 9.60. The monoisotopic (exact) mass is 378 g/mol. The molecule has 2 aliphatic heterocycles. The highest BCUT2D eigenvalue weighted by atomic mass is 32.2. The van der Waals surface area contributed by atoms with Crippen LogP contribution in [0.3, 0.4) is 0 Å². The van der Waals surface area contributed by atoms with Crippen LogP contribution in [-0.4, -0.2) is 51.0 Å². The number of sulfonamides is 1. The first kappa shape index (κ1) is 17.2. The quantitative estimate of drug-likeness (QED) is 0.802. The molecular weight excluding hydrogens is 356 g/mol. The zero-order valence-electron chi connectivity index (χ0n) is 14.2. The molecule has 1 unspecified atom stereocenters. The summed E-state index contributed by atoms with van der Waals surface area (Å²) in [6.07, 6.45) is 0.817. The summed E-state index contributed by atoms with van der Waals surface area (Å²) in [5.74, 6) is 0. The van der Waals surface area contributed by atoms with E-state index in [9.17, 15) is 8.42 Å². The maximum Gasteiger partial charge on any atom is 0.244 e. The van der Waals surface area contributed by atoms with Crippen LogP contribution < -0.4 is 0 Å². The molecule has 1 aromatic heterocycles. The Morgan fingerprint density at radius 1 is 1.28 bits per heavy atom. The van der Waals surface area contributed by atoms with E-state index in [0.717, 1.165) is 31.6 Å². The molecule has 1 atom stereocenters. The fourth-order valence-corrected chi connectivity index (χ4v) is 6.84. The van der Waals surface area contributed by atoms with Crippen LogP contribution in [0.2, 0.25) is 0 Å². The average Bonchev–Trinajstić information content (AvgIpc) is 3.29. The number of thiophene rings is 1. The minimum Gasteiger partial charge on any atom is -0.383 e. The van der Waals surface area contributed by atoms with Crippen LogP contribution >= 0.6 is 11.3 Å². The molecule has 0 saturated carbocycles. The molecule has 1 spiro atoms. The van der Waals surface area contributed by atoms with Gasteiger partial charge in [-0.2, -0.15) is 15.6 Å². The third kappa shape index (κ3) is 2.74. The van der Waals surface area contributed by atoms with Gasteiger partial charge in [0.15, 0.2) is 0 Å². The van der Waals surface area contributed by atoms with Gasteiger partial charge in [-0.05, 0) is 40.4 Å². The van der Waals surface area contributed by atoms with Gasteiger partial charge in [0.2, 0.25) is 10.0 Å². The highest BCUT2D eigenvalue weighted by Crippen LogP contribution is 2.49. The fraction of sp³-hybridized carbons (Fsp3) is 0.444. The molecule has 0 amide bonds. The minimum absolute atomic E-state index is 0.389. The normalized spacial score (nSPS) is 25.6. The van der Waals surface area contributed by atoms with Crippen molar-refractivity contribution < 1.29 is 13.2 Å². The SMILES string of the molecule is COCCN1C2(CCN(Cc3ccsc3)C2)c2ccccc2S1(=O)=O. The Bertz CT molecular complexity index is 851. The van der Waals surface area contributed by atoms with Crippen LogP contribution in [0.5, 0.6) is 0 Å². The molecule has 4 rings (SSSR count). The number of methoxy groups -OCH3 is 1. The molecule has 5 nitrogen and oxygen atoms in total. The Morgan fingerprint density at radius 3 is 2.88 bits per heavy atom. The first-order valence-electron chi connectivity index (χ1n) is 8.43. The molecule has 134 valence electrons. The van der Waals surface area contributed by atoms with Crippen LogP contribution in [0.25, 0.3) is 0 Å². The molecule has 0 aliphatic carbocycles. The van der Waals surface area contributed by atoms with Gasteiger partial charge in [-0.25, -0.2) is 8.42 Å². The maximum absolute atomic E-state index is 13.1. The van der Waals surface area contributed by atoms with E-state index in [1.807, 2.05) is 18.2 Å². The number of fused-ring (bicyclic) bond motifs is 2.